The van der Waals surface area contributed by atoms with Gasteiger partial charge in [-0.2, -0.15) is 0 Å². The summed E-state index contributed by atoms with van der Waals surface area (Å²) in [5, 5.41) is 2.76. The van der Waals surface area contributed by atoms with E-state index in [0.717, 1.165) is 5.56 Å². The molecule has 6 heteroatoms. The van der Waals surface area contributed by atoms with Crippen LogP contribution >= 0.6 is 0 Å². The predicted octanol–water partition coefficient (Wildman–Crippen LogP) is 2.96. The summed E-state index contributed by atoms with van der Waals surface area (Å²) in [6, 6.07) is 13.0. The molecular weight excluding hydrogens is 335 g/mol. The highest BCUT2D eigenvalue weighted by molar-refractivity contribution is 5.97. The molecule has 2 aromatic rings. The molecule has 5 nitrogen and oxygen atoms in total. The summed E-state index contributed by atoms with van der Waals surface area (Å²) in [5.74, 6) is -0.0237. The standard InChI is InChI=1S/C20H21FN2O3/c1-23(13-18(24)22-16-7-9-17(26-2)10-8-16)19(25)20(11-12-20)14-3-5-15(21)6-4-14/h3-10H,11-13H2,1-2H3,(H,22,24). The van der Waals surface area contributed by atoms with Gasteiger partial charge in [0.2, 0.25) is 11.8 Å². The number of anilines is 1. The number of nitrogens with one attached hydrogen (secondary N) is 1. The van der Waals surface area contributed by atoms with Crippen LogP contribution in [0.3, 0.4) is 0 Å². The number of hydrogen-bond acceptors (Lipinski definition) is 3. The molecule has 26 heavy (non-hydrogen) atoms. The van der Waals surface area contributed by atoms with Gasteiger partial charge in [0.25, 0.3) is 0 Å². The maximum absolute atomic E-state index is 13.1. The van der Waals surface area contributed by atoms with Crippen molar-refractivity contribution in [2.45, 2.75) is 18.3 Å². The quantitative estimate of drug-likeness (QED) is 0.866. The average molecular weight is 356 g/mol. The molecule has 136 valence electrons. The molecule has 3 rings (SSSR count). The molecule has 2 aromatic carbocycles. The van der Waals surface area contributed by atoms with E-state index in [-0.39, 0.29) is 24.2 Å². The van der Waals surface area contributed by atoms with Crippen LogP contribution < -0.4 is 10.1 Å². The monoisotopic (exact) mass is 356 g/mol. The first kappa shape index (κ1) is 17.9. The Hall–Kier alpha value is -2.89. The van der Waals surface area contributed by atoms with Gasteiger partial charge in [-0.15, -0.1) is 0 Å². The first-order chi connectivity index (χ1) is 12.4. The van der Waals surface area contributed by atoms with E-state index >= 15 is 0 Å². The molecule has 0 bridgehead atoms. The summed E-state index contributed by atoms with van der Waals surface area (Å²) in [4.78, 5) is 26.5. The highest BCUT2D eigenvalue weighted by Crippen LogP contribution is 2.49. The van der Waals surface area contributed by atoms with Crippen molar-refractivity contribution in [2.75, 3.05) is 26.0 Å². The average Bonchev–Trinajstić information content (AvgIpc) is 3.44. The summed E-state index contributed by atoms with van der Waals surface area (Å²) in [5.41, 5.74) is 0.811. The highest BCUT2D eigenvalue weighted by atomic mass is 19.1. The predicted molar refractivity (Wildman–Crippen MR) is 96.6 cm³/mol. The smallest absolute Gasteiger partial charge is 0.243 e. The van der Waals surface area contributed by atoms with Gasteiger partial charge in [-0.1, -0.05) is 12.1 Å². The van der Waals surface area contributed by atoms with Gasteiger partial charge in [-0.3, -0.25) is 9.59 Å². The maximum Gasteiger partial charge on any atom is 0.243 e. The van der Waals surface area contributed by atoms with E-state index in [1.165, 1.54) is 17.0 Å². The fourth-order valence-electron chi connectivity index (χ4n) is 3.05. The number of rotatable bonds is 6. The van der Waals surface area contributed by atoms with Crippen LogP contribution in [-0.2, 0) is 15.0 Å². The van der Waals surface area contributed by atoms with Gasteiger partial charge in [0.05, 0.1) is 19.1 Å². The number of benzene rings is 2. The van der Waals surface area contributed by atoms with Gasteiger partial charge in [-0.25, -0.2) is 4.39 Å². The number of likely N-dealkylation sites (N-methyl/N-ethyl adjacent to an activating group) is 1. The van der Waals surface area contributed by atoms with Crippen molar-refractivity contribution in [1.82, 2.24) is 4.90 Å². The minimum atomic E-state index is -0.622. The van der Waals surface area contributed by atoms with Crippen molar-refractivity contribution in [2.24, 2.45) is 0 Å². The van der Waals surface area contributed by atoms with Crippen molar-refractivity contribution in [3.63, 3.8) is 0 Å². The Bertz CT molecular complexity index is 799. The number of amides is 2. The Labute approximate surface area is 151 Å². The number of ether oxygens (including phenoxy) is 1. The Morgan fingerprint density at radius 3 is 2.27 bits per heavy atom. The van der Waals surface area contributed by atoms with Crippen molar-refractivity contribution in [1.29, 1.82) is 0 Å². The first-order valence-electron chi connectivity index (χ1n) is 8.40. The normalized spacial score (nSPS) is 14.4. The molecule has 0 aromatic heterocycles. The summed E-state index contributed by atoms with van der Waals surface area (Å²) in [7, 11) is 3.18. The van der Waals surface area contributed by atoms with Crippen molar-refractivity contribution in [3.8, 4) is 5.75 Å². The number of halogens is 1. The Balaban J connectivity index is 1.61. The van der Waals surface area contributed by atoms with E-state index in [1.54, 1.807) is 50.6 Å². The Morgan fingerprint density at radius 1 is 1.12 bits per heavy atom. The molecule has 1 fully saturated rings. The summed E-state index contributed by atoms with van der Waals surface area (Å²) in [6.07, 6.45) is 1.42. The van der Waals surface area contributed by atoms with Crippen LogP contribution in [-0.4, -0.2) is 37.4 Å². The molecule has 0 aliphatic heterocycles. The van der Waals surface area contributed by atoms with Crippen LogP contribution in [0.4, 0.5) is 10.1 Å². The molecule has 1 N–H and O–H groups in total. The Morgan fingerprint density at radius 2 is 1.73 bits per heavy atom. The zero-order valence-electron chi connectivity index (χ0n) is 14.8. The topological polar surface area (TPSA) is 58.6 Å². The van der Waals surface area contributed by atoms with E-state index in [0.29, 0.717) is 24.3 Å². The first-order valence-corrected chi connectivity index (χ1v) is 8.40. The zero-order valence-corrected chi connectivity index (χ0v) is 14.8. The summed E-state index contributed by atoms with van der Waals surface area (Å²) < 4.78 is 18.2. The number of nitrogens with zero attached hydrogens (tertiary/aromatic N) is 1. The van der Waals surface area contributed by atoms with Crippen molar-refractivity contribution < 1.29 is 18.7 Å². The third-order valence-electron chi connectivity index (χ3n) is 4.66. The third kappa shape index (κ3) is 3.69. The molecule has 0 radical (unpaired) electrons. The lowest BCUT2D eigenvalue weighted by molar-refractivity contribution is -0.135. The molecule has 0 unspecified atom stereocenters. The lowest BCUT2D eigenvalue weighted by Gasteiger charge is -2.23. The van der Waals surface area contributed by atoms with Crippen LogP contribution in [0.15, 0.2) is 48.5 Å². The maximum atomic E-state index is 13.1. The highest BCUT2D eigenvalue weighted by Gasteiger charge is 2.52. The second kappa shape index (κ2) is 7.15. The zero-order chi connectivity index (χ0) is 18.7. The molecule has 0 heterocycles. The van der Waals surface area contributed by atoms with Gasteiger partial charge >= 0.3 is 0 Å². The molecule has 1 aliphatic rings. The number of methoxy groups -OCH3 is 1. The minimum absolute atomic E-state index is 0.0478. The van der Waals surface area contributed by atoms with Gasteiger partial charge in [-0.05, 0) is 54.8 Å². The molecule has 1 aliphatic carbocycles. The van der Waals surface area contributed by atoms with Crippen molar-refractivity contribution >= 4 is 17.5 Å². The van der Waals surface area contributed by atoms with Gasteiger partial charge in [0.1, 0.15) is 11.6 Å². The van der Waals surface area contributed by atoms with E-state index in [2.05, 4.69) is 5.32 Å². The molecule has 2 amide bonds. The van der Waals surface area contributed by atoms with E-state index in [9.17, 15) is 14.0 Å². The summed E-state index contributed by atoms with van der Waals surface area (Å²) in [6.45, 7) is -0.0478. The molecule has 0 atom stereocenters. The minimum Gasteiger partial charge on any atom is -0.497 e. The SMILES string of the molecule is COc1ccc(NC(=O)CN(C)C(=O)C2(c3ccc(F)cc3)CC2)cc1. The van der Waals surface area contributed by atoms with Gasteiger partial charge in [0.15, 0.2) is 0 Å². The van der Waals surface area contributed by atoms with E-state index in [1.807, 2.05) is 0 Å². The lowest BCUT2D eigenvalue weighted by Crippen LogP contribution is -2.41. The van der Waals surface area contributed by atoms with Crippen LogP contribution in [0.5, 0.6) is 5.75 Å². The number of carbonyl (C=O) groups is 2. The van der Waals surface area contributed by atoms with Gasteiger partial charge < -0.3 is 15.0 Å². The van der Waals surface area contributed by atoms with Crippen LogP contribution in [0.25, 0.3) is 0 Å². The molecule has 0 saturated heterocycles. The van der Waals surface area contributed by atoms with Crippen LogP contribution in [0.1, 0.15) is 18.4 Å². The Kier molecular flexibility index (Phi) is 4.93. The second-order valence-corrected chi connectivity index (χ2v) is 6.53. The molecule has 0 spiro atoms. The molecular formula is C20H21FN2O3. The van der Waals surface area contributed by atoms with Crippen LogP contribution in [0, 0.1) is 5.82 Å². The van der Waals surface area contributed by atoms with Crippen molar-refractivity contribution in [3.05, 3.63) is 59.9 Å². The fraction of sp³-hybridized carbons (Fsp3) is 0.300. The number of hydrogen-bond donors (Lipinski definition) is 1. The van der Waals surface area contributed by atoms with Gasteiger partial charge in [0, 0.05) is 12.7 Å². The third-order valence-corrected chi connectivity index (χ3v) is 4.66. The largest absolute Gasteiger partial charge is 0.497 e. The second-order valence-electron chi connectivity index (χ2n) is 6.53. The fourth-order valence-corrected chi connectivity index (χ4v) is 3.05. The molecule has 1 saturated carbocycles. The van der Waals surface area contributed by atoms with E-state index < -0.39 is 5.41 Å². The summed E-state index contributed by atoms with van der Waals surface area (Å²) >= 11 is 0. The number of carbonyl (C=O) groups excluding carboxylic acids is 2. The van der Waals surface area contributed by atoms with E-state index in [4.69, 9.17) is 4.74 Å². The lowest BCUT2D eigenvalue weighted by atomic mass is 9.94. The van der Waals surface area contributed by atoms with Crippen LogP contribution in [0.2, 0.25) is 0 Å².